The highest BCUT2D eigenvalue weighted by molar-refractivity contribution is 5.98. The molecule has 6 heteroatoms. The molecule has 2 bridgehead atoms. The first kappa shape index (κ1) is 18.8. The van der Waals surface area contributed by atoms with Crippen LogP contribution < -0.4 is 0 Å². The maximum absolute atomic E-state index is 13.8. The summed E-state index contributed by atoms with van der Waals surface area (Å²) in [5.41, 5.74) is 0.340. The fraction of sp³-hybridized carbons (Fsp3) is 0.600. The molecule has 2 aliphatic heterocycles. The van der Waals surface area contributed by atoms with Crippen LogP contribution in [0.15, 0.2) is 18.2 Å². The molecule has 3 rings (SSSR count). The van der Waals surface area contributed by atoms with E-state index in [0.29, 0.717) is 37.2 Å². The van der Waals surface area contributed by atoms with Gasteiger partial charge in [0.2, 0.25) is 0 Å². The Labute approximate surface area is 153 Å². The van der Waals surface area contributed by atoms with Gasteiger partial charge in [-0.05, 0) is 52.2 Å². The summed E-state index contributed by atoms with van der Waals surface area (Å²) in [4.78, 5) is 27.2. The van der Waals surface area contributed by atoms with Gasteiger partial charge < -0.3 is 9.47 Å². The number of carbonyl (C=O) groups excluding carboxylic acids is 2. The first-order chi connectivity index (χ1) is 12.2. The van der Waals surface area contributed by atoms with Crippen molar-refractivity contribution in [1.29, 1.82) is 0 Å². The second-order valence-corrected chi connectivity index (χ2v) is 8.23. The second-order valence-electron chi connectivity index (χ2n) is 8.23. The number of nitrogens with zero attached hydrogens (tertiary/aromatic N) is 1. The van der Waals surface area contributed by atoms with E-state index in [1.807, 2.05) is 20.8 Å². The number of carbonyl (C=O) groups is 2. The molecule has 0 N–H and O–H groups in total. The molecule has 142 valence electrons. The Bertz CT molecular complexity index is 698. The molecule has 2 aliphatic rings. The molecule has 0 spiro atoms. The number of hydrogen-bond acceptors (Lipinski definition) is 4. The number of fused-ring (bicyclic) bond motifs is 2. The van der Waals surface area contributed by atoms with E-state index in [1.54, 1.807) is 24.0 Å². The number of ether oxygens (including phenoxy) is 2. The van der Waals surface area contributed by atoms with Crippen molar-refractivity contribution >= 4 is 11.9 Å². The van der Waals surface area contributed by atoms with Crippen molar-refractivity contribution in [1.82, 2.24) is 4.90 Å². The van der Waals surface area contributed by atoms with Gasteiger partial charge in [0.05, 0.1) is 25.3 Å². The van der Waals surface area contributed by atoms with Crippen LogP contribution in [-0.4, -0.2) is 47.7 Å². The van der Waals surface area contributed by atoms with E-state index in [-0.39, 0.29) is 35.7 Å². The quantitative estimate of drug-likeness (QED) is 0.751. The summed E-state index contributed by atoms with van der Waals surface area (Å²) in [5, 5.41) is 0. The Hall–Kier alpha value is -1.95. The third kappa shape index (κ3) is 3.90. The highest BCUT2D eigenvalue weighted by Gasteiger charge is 2.45. The zero-order valence-electron chi connectivity index (χ0n) is 15.8. The number of halogens is 1. The highest BCUT2D eigenvalue weighted by Crippen LogP contribution is 2.34. The number of rotatable bonds is 2. The van der Waals surface area contributed by atoms with Crippen molar-refractivity contribution < 1.29 is 23.5 Å². The Morgan fingerprint density at radius 2 is 1.81 bits per heavy atom. The van der Waals surface area contributed by atoms with Crippen molar-refractivity contribution in [3.8, 4) is 0 Å². The molecule has 0 aromatic heterocycles. The first-order valence-corrected chi connectivity index (χ1v) is 9.05. The van der Waals surface area contributed by atoms with Gasteiger partial charge in [-0.3, -0.25) is 9.69 Å². The van der Waals surface area contributed by atoms with Gasteiger partial charge in [-0.25, -0.2) is 9.18 Å². The Morgan fingerprint density at radius 1 is 1.19 bits per heavy atom. The van der Waals surface area contributed by atoms with Crippen LogP contribution in [0.4, 0.5) is 9.18 Å². The smallest absolute Gasteiger partial charge is 0.410 e. The highest BCUT2D eigenvalue weighted by atomic mass is 19.1. The van der Waals surface area contributed by atoms with E-state index in [2.05, 4.69) is 0 Å². The number of aryl methyl sites for hydroxylation is 1. The summed E-state index contributed by atoms with van der Waals surface area (Å²) in [5.74, 6) is -0.676. The van der Waals surface area contributed by atoms with Crippen molar-refractivity contribution in [2.24, 2.45) is 5.92 Å². The largest absolute Gasteiger partial charge is 0.444 e. The van der Waals surface area contributed by atoms with Gasteiger partial charge >= 0.3 is 6.09 Å². The average molecular weight is 363 g/mol. The Balaban J connectivity index is 1.75. The maximum atomic E-state index is 13.8. The lowest BCUT2D eigenvalue weighted by Crippen LogP contribution is -2.60. The van der Waals surface area contributed by atoms with Gasteiger partial charge in [-0.2, -0.15) is 0 Å². The monoisotopic (exact) mass is 363 g/mol. The molecule has 0 radical (unpaired) electrons. The second kappa shape index (κ2) is 6.99. The number of morpholine rings is 1. The lowest BCUT2D eigenvalue weighted by Gasteiger charge is -2.47. The standard InChI is InChI=1S/C20H26FNO4/c1-12-5-6-13(9-17(12)21)18(23)14-7-15-10-25-11-16(8-14)22(15)19(24)26-20(2,3)4/h5-6,9,14-16H,7-8,10-11H2,1-4H3. The Kier molecular flexibility index (Phi) is 5.06. The fourth-order valence-corrected chi connectivity index (χ4v) is 3.72. The molecule has 2 unspecified atom stereocenters. The lowest BCUT2D eigenvalue weighted by molar-refractivity contribution is -0.0861. The minimum Gasteiger partial charge on any atom is -0.444 e. The predicted molar refractivity (Wildman–Crippen MR) is 94.7 cm³/mol. The van der Waals surface area contributed by atoms with E-state index in [0.717, 1.165) is 0 Å². The minimum absolute atomic E-state index is 0.0651. The molecule has 26 heavy (non-hydrogen) atoms. The molecular formula is C20H26FNO4. The van der Waals surface area contributed by atoms with Crippen LogP contribution in [0, 0.1) is 18.7 Å². The maximum Gasteiger partial charge on any atom is 0.410 e. The molecule has 1 aromatic rings. The lowest BCUT2D eigenvalue weighted by atomic mass is 9.80. The van der Waals surface area contributed by atoms with Crippen LogP contribution in [-0.2, 0) is 9.47 Å². The van der Waals surface area contributed by atoms with Crippen LogP contribution in [0.1, 0.15) is 49.5 Å². The number of piperidine rings is 1. The van der Waals surface area contributed by atoms with Crippen molar-refractivity contribution in [2.75, 3.05) is 13.2 Å². The number of hydrogen-bond donors (Lipinski definition) is 0. The molecule has 2 atom stereocenters. The van der Waals surface area contributed by atoms with Crippen LogP contribution >= 0.6 is 0 Å². The average Bonchev–Trinajstić information content (AvgIpc) is 2.54. The summed E-state index contributed by atoms with van der Waals surface area (Å²) in [6.45, 7) is 7.95. The molecule has 2 saturated heterocycles. The zero-order valence-corrected chi connectivity index (χ0v) is 15.8. The van der Waals surface area contributed by atoms with E-state index in [9.17, 15) is 14.0 Å². The zero-order chi connectivity index (χ0) is 19.1. The molecule has 0 saturated carbocycles. The number of amides is 1. The van der Waals surface area contributed by atoms with Gasteiger partial charge in [0, 0.05) is 11.5 Å². The van der Waals surface area contributed by atoms with E-state index in [1.165, 1.54) is 6.07 Å². The summed E-state index contributed by atoms with van der Waals surface area (Å²) in [6, 6.07) is 4.22. The SMILES string of the molecule is Cc1ccc(C(=O)C2CC3COCC(C2)N3C(=O)OC(C)(C)C)cc1F. The third-order valence-electron chi connectivity index (χ3n) is 4.95. The van der Waals surface area contributed by atoms with Crippen LogP contribution in [0.5, 0.6) is 0 Å². The molecule has 0 aliphatic carbocycles. The van der Waals surface area contributed by atoms with Crippen LogP contribution in [0.3, 0.4) is 0 Å². The number of benzene rings is 1. The van der Waals surface area contributed by atoms with Gasteiger partial charge in [0.15, 0.2) is 5.78 Å². The summed E-state index contributed by atoms with van der Waals surface area (Å²) >= 11 is 0. The van der Waals surface area contributed by atoms with Gasteiger partial charge in [0.25, 0.3) is 0 Å². The first-order valence-electron chi connectivity index (χ1n) is 9.05. The topological polar surface area (TPSA) is 55.8 Å². The van der Waals surface area contributed by atoms with Gasteiger partial charge in [-0.15, -0.1) is 0 Å². The Morgan fingerprint density at radius 3 is 2.35 bits per heavy atom. The molecular weight excluding hydrogens is 337 g/mol. The van der Waals surface area contributed by atoms with Crippen molar-refractivity contribution in [2.45, 2.75) is 58.2 Å². The summed E-state index contributed by atoms with van der Waals surface area (Å²) < 4.78 is 24.9. The molecule has 2 fully saturated rings. The van der Waals surface area contributed by atoms with Gasteiger partial charge in [-0.1, -0.05) is 12.1 Å². The fourth-order valence-electron chi connectivity index (χ4n) is 3.72. The third-order valence-corrected chi connectivity index (χ3v) is 4.95. The predicted octanol–water partition coefficient (Wildman–Crippen LogP) is 3.73. The van der Waals surface area contributed by atoms with E-state index >= 15 is 0 Å². The van der Waals surface area contributed by atoms with E-state index < -0.39 is 5.60 Å². The van der Waals surface area contributed by atoms with Crippen LogP contribution in [0.2, 0.25) is 0 Å². The molecule has 1 aromatic carbocycles. The molecule has 2 heterocycles. The van der Waals surface area contributed by atoms with Gasteiger partial charge in [0.1, 0.15) is 11.4 Å². The molecule has 1 amide bonds. The minimum atomic E-state index is -0.571. The normalized spacial score (nSPS) is 25.7. The summed E-state index contributed by atoms with van der Waals surface area (Å²) in [6.07, 6.45) is 0.650. The molecule has 5 nitrogen and oxygen atoms in total. The summed E-state index contributed by atoms with van der Waals surface area (Å²) in [7, 11) is 0. The number of ketones is 1. The van der Waals surface area contributed by atoms with E-state index in [4.69, 9.17) is 9.47 Å². The van der Waals surface area contributed by atoms with Crippen molar-refractivity contribution in [3.63, 3.8) is 0 Å². The van der Waals surface area contributed by atoms with Crippen molar-refractivity contribution in [3.05, 3.63) is 35.1 Å². The number of Topliss-reactive ketones (excluding diaryl/α,β-unsaturated/α-hetero) is 1. The van der Waals surface area contributed by atoms with Crippen LogP contribution in [0.25, 0.3) is 0 Å².